The van der Waals surface area contributed by atoms with E-state index in [1.807, 2.05) is 6.08 Å². The van der Waals surface area contributed by atoms with Gasteiger partial charge in [0.15, 0.2) is 5.78 Å². The number of hydrogen-bond donors (Lipinski definition) is 0. The zero-order chi connectivity index (χ0) is 12.5. The van der Waals surface area contributed by atoms with Crippen LogP contribution in [0.4, 0.5) is 4.39 Å². The molecule has 0 spiro atoms. The minimum atomic E-state index is -0.331. The van der Waals surface area contributed by atoms with E-state index in [9.17, 15) is 9.18 Å². The summed E-state index contributed by atoms with van der Waals surface area (Å²) in [5.41, 5.74) is 0.529. The van der Waals surface area contributed by atoms with Crippen LogP contribution in [0.5, 0.6) is 0 Å². The first kappa shape index (κ1) is 13.6. The molecule has 0 N–H and O–H groups in total. The SMILES string of the molecule is C=CCCCOCCC(=O)c1ccc(F)cc1. The van der Waals surface area contributed by atoms with E-state index in [1.165, 1.54) is 24.3 Å². The van der Waals surface area contributed by atoms with Crippen molar-refractivity contribution in [1.82, 2.24) is 0 Å². The predicted molar refractivity (Wildman–Crippen MR) is 65.6 cm³/mol. The van der Waals surface area contributed by atoms with Crippen LogP contribution in [0.1, 0.15) is 29.6 Å². The van der Waals surface area contributed by atoms with Crippen LogP contribution < -0.4 is 0 Å². The number of carbonyl (C=O) groups is 1. The van der Waals surface area contributed by atoms with Gasteiger partial charge in [0, 0.05) is 18.6 Å². The van der Waals surface area contributed by atoms with E-state index >= 15 is 0 Å². The fourth-order valence-electron chi connectivity index (χ4n) is 1.38. The van der Waals surface area contributed by atoms with Gasteiger partial charge in [-0.2, -0.15) is 0 Å². The molecule has 0 aliphatic carbocycles. The molecule has 0 unspecified atom stereocenters. The number of allylic oxidation sites excluding steroid dienone is 1. The molecule has 0 aliphatic heterocycles. The van der Waals surface area contributed by atoms with Crippen LogP contribution in [0.3, 0.4) is 0 Å². The Kier molecular flexibility index (Phi) is 6.18. The largest absolute Gasteiger partial charge is 0.381 e. The molecular weight excluding hydrogens is 219 g/mol. The molecule has 2 nitrogen and oxygen atoms in total. The third kappa shape index (κ3) is 5.41. The second kappa shape index (κ2) is 7.74. The first-order valence-corrected chi connectivity index (χ1v) is 5.71. The van der Waals surface area contributed by atoms with Crippen molar-refractivity contribution in [2.75, 3.05) is 13.2 Å². The first-order valence-electron chi connectivity index (χ1n) is 5.71. The normalized spacial score (nSPS) is 10.2. The molecule has 1 aromatic rings. The van der Waals surface area contributed by atoms with Crippen molar-refractivity contribution in [3.05, 3.63) is 48.3 Å². The maximum absolute atomic E-state index is 12.6. The Balaban J connectivity index is 2.21. The Bertz CT molecular complexity index is 357. The lowest BCUT2D eigenvalue weighted by atomic mass is 10.1. The number of unbranched alkanes of at least 4 members (excludes halogenated alkanes) is 1. The van der Waals surface area contributed by atoms with Gasteiger partial charge in [0.05, 0.1) is 6.61 Å². The molecule has 1 rings (SSSR count). The predicted octanol–water partition coefficient (Wildman–Crippen LogP) is 3.38. The highest BCUT2D eigenvalue weighted by molar-refractivity contribution is 5.96. The molecule has 0 fully saturated rings. The van der Waals surface area contributed by atoms with Crippen molar-refractivity contribution in [2.45, 2.75) is 19.3 Å². The smallest absolute Gasteiger partial charge is 0.165 e. The number of rotatable bonds is 8. The number of carbonyl (C=O) groups excluding carboxylic acids is 1. The number of benzene rings is 1. The molecule has 0 saturated heterocycles. The van der Waals surface area contributed by atoms with Crippen LogP contribution in [0.2, 0.25) is 0 Å². The highest BCUT2D eigenvalue weighted by Gasteiger charge is 2.05. The molecular formula is C14H17FO2. The van der Waals surface area contributed by atoms with Crippen LogP contribution in [-0.2, 0) is 4.74 Å². The quantitative estimate of drug-likeness (QED) is 0.393. The zero-order valence-corrected chi connectivity index (χ0v) is 9.82. The second-order valence-corrected chi connectivity index (χ2v) is 3.72. The molecule has 0 aliphatic rings. The summed E-state index contributed by atoms with van der Waals surface area (Å²) in [5, 5.41) is 0. The summed E-state index contributed by atoms with van der Waals surface area (Å²) in [6, 6.07) is 5.57. The maximum atomic E-state index is 12.6. The summed E-state index contributed by atoms with van der Waals surface area (Å²) in [6.45, 7) is 4.66. The lowest BCUT2D eigenvalue weighted by Crippen LogP contribution is -2.05. The van der Waals surface area contributed by atoms with Crippen LogP contribution in [0, 0.1) is 5.82 Å². The van der Waals surface area contributed by atoms with Gasteiger partial charge in [-0.05, 0) is 37.1 Å². The summed E-state index contributed by atoms with van der Waals surface area (Å²) in [7, 11) is 0. The number of ketones is 1. The summed E-state index contributed by atoms with van der Waals surface area (Å²) < 4.78 is 17.9. The molecule has 1 aromatic carbocycles. The van der Waals surface area contributed by atoms with Crippen molar-refractivity contribution in [1.29, 1.82) is 0 Å². The molecule has 0 heterocycles. The van der Waals surface area contributed by atoms with E-state index in [4.69, 9.17) is 4.74 Å². The molecule has 0 saturated carbocycles. The Labute approximate surface area is 101 Å². The van der Waals surface area contributed by atoms with Crippen molar-refractivity contribution in [3.8, 4) is 0 Å². The van der Waals surface area contributed by atoms with Gasteiger partial charge in [0.1, 0.15) is 5.82 Å². The van der Waals surface area contributed by atoms with E-state index in [1.54, 1.807) is 0 Å². The highest BCUT2D eigenvalue weighted by Crippen LogP contribution is 2.06. The molecule has 0 radical (unpaired) electrons. The minimum absolute atomic E-state index is 0.0197. The second-order valence-electron chi connectivity index (χ2n) is 3.72. The average Bonchev–Trinajstić information content (AvgIpc) is 2.34. The number of hydrogen-bond acceptors (Lipinski definition) is 2. The molecule has 0 aromatic heterocycles. The number of halogens is 1. The first-order chi connectivity index (χ1) is 8.24. The van der Waals surface area contributed by atoms with E-state index in [-0.39, 0.29) is 11.6 Å². The molecule has 0 amide bonds. The summed E-state index contributed by atoms with van der Waals surface area (Å²) in [6.07, 6.45) is 4.02. The number of Topliss-reactive ketones (excluding diaryl/α,β-unsaturated/α-hetero) is 1. The molecule has 17 heavy (non-hydrogen) atoms. The highest BCUT2D eigenvalue weighted by atomic mass is 19.1. The van der Waals surface area contributed by atoms with Gasteiger partial charge in [-0.25, -0.2) is 4.39 Å². The van der Waals surface area contributed by atoms with Gasteiger partial charge in [-0.3, -0.25) is 4.79 Å². The van der Waals surface area contributed by atoms with Crippen molar-refractivity contribution in [2.24, 2.45) is 0 Å². The van der Waals surface area contributed by atoms with Gasteiger partial charge in [-0.15, -0.1) is 6.58 Å². The topological polar surface area (TPSA) is 26.3 Å². The van der Waals surface area contributed by atoms with Crippen LogP contribution in [-0.4, -0.2) is 19.0 Å². The van der Waals surface area contributed by atoms with Crippen LogP contribution in [0.25, 0.3) is 0 Å². The van der Waals surface area contributed by atoms with Gasteiger partial charge < -0.3 is 4.74 Å². The van der Waals surface area contributed by atoms with Crippen molar-refractivity contribution < 1.29 is 13.9 Å². The van der Waals surface area contributed by atoms with Gasteiger partial charge in [-0.1, -0.05) is 6.08 Å². The molecule has 92 valence electrons. The van der Waals surface area contributed by atoms with Crippen molar-refractivity contribution in [3.63, 3.8) is 0 Å². The summed E-state index contributed by atoms with van der Waals surface area (Å²) in [5.74, 6) is -0.351. The summed E-state index contributed by atoms with van der Waals surface area (Å²) >= 11 is 0. The van der Waals surface area contributed by atoms with Gasteiger partial charge >= 0.3 is 0 Å². The van der Waals surface area contributed by atoms with Crippen LogP contribution in [0.15, 0.2) is 36.9 Å². The van der Waals surface area contributed by atoms with E-state index in [2.05, 4.69) is 6.58 Å². The lowest BCUT2D eigenvalue weighted by Gasteiger charge is -2.03. The molecule has 0 bridgehead atoms. The lowest BCUT2D eigenvalue weighted by molar-refractivity contribution is 0.0875. The Morgan fingerprint density at radius 1 is 1.29 bits per heavy atom. The Morgan fingerprint density at radius 3 is 2.65 bits per heavy atom. The molecule has 0 atom stereocenters. The third-order valence-electron chi connectivity index (χ3n) is 2.34. The molecule has 3 heteroatoms. The zero-order valence-electron chi connectivity index (χ0n) is 9.82. The number of ether oxygens (including phenoxy) is 1. The van der Waals surface area contributed by atoms with Crippen molar-refractivity contribution >= 4 is 5.78 Å². The Hall–Kier alpha value is -1.48. The Morgan fingerprint density at radius 2 is 2.00 bits per heavy atom. The maximum Gasteiger partial charge on any atom is 0.165 e. The van der Waals surface area contributed by atoms with Crippen LogP contribution >= 0.6 is 0 Å². The third-order valence-corrected chi connectivity index (χ3v) is 2.34. The van der Waals surface area contributed by atoms with E-state index in [0.717, 1.165) is 12.8 Å². The van der Waals surface area contributed by atoms with Gasteiger partial charge in [0.25, 0.3) is 0 Å². The van der Waals surface area contributed by atoms with E-state index in [0.29, 0.717) is 25.2 Å². The minimum Gasteiger partial charge on any atom is -0.381 e. The fourth-order valence-corrected chi connectivity index (χ4v) is 1.38. The summed E-state index contributed by atoms with van der Waals surface area (Å²) in [4.78, 5) is 11.6. The van der Waals surface area contributed by atoms with Gasteiger partial charge in [0.2, 0.25) is 0 Å². The standard InChI is InChI=1S/C14H17FO2/c1-2-3-4-10-17-11-9-14(16)12-5-7-13(15)8-6-12/h2,5-8H,1,3-4,9-11H2. The fraction of sp³-hybridized carbons (Fsp3) is 0.357. The monoisotopic (exact) mass is 236 g/mol. The average molecular weight is 236 g/mol. The van der Waals surface area contributed by atoms with E-state index < -0.39 is 0 Å².